The van der Waals surface area contributed by atoms with Crippen molar-refractivity contribution in [2.45, 2.75) is 26.7 Å². The van der Waals surface area contributed by atoms with Crippen LogP contribution in [0.4, 0.5) is 0 Å². The highest BCUT2D eigenvalue weighted by atomic mass is 32.3. The van der Waals surface area contributed by atoms with Gasteiger partial charge < -0.3 is 10.6 Å². The Labute approximate surface area is 109 Å². The van der Waals surface area contributed by atoms with Crippen LogP contribution in [-0.2, 0) is 19.4 Å². The molecule has 0 spiro atoms. The van der Waals surface area contributed by atoms with Gasteiger partial charge >= 0.3 is 10.4 Å². The second-order valence-electron chi connectivity index (χ2n) is 3.67. The first-order valence-electron chi connectivity index (χ1n) is 5.26. The molecular weight excluding hydrogens is 260 g/mol. The molecule has 0 bridgehead atoms. The Morgan fingerprint density at radius 3 is 1.94 bits per heavy atom. The maximum absolute atomic E-state index is 10.9. The van der Waals surface area contributed by atoms with Crippen molar-refractivity contribution in [2.75, 3.05) is 21.2 Å². The summed E-state index contributed by atoms with van der Waals surface area (Å²) in [6.45, 7) is 3.85. The molecule has 0 atom stereocenters. The highest BCUT2D eigenvalue weighted by Crippen LogP contribution is 2.12. The van der Waals surface area contributed by atoms with Crippen molar-refractivity contribution in [3.63, 3.8) is 0 Å². The van der Waals surface area contributed by atoms with E-state index in [4.69, 9.17) is 10.3 Å². The number of amides is 1. The molecule has 0 rings (SSSR count). The maximum Gasteiger partial charge on any atom is 0.397 e. The molecule has 0 aromatic rings. The Morgan fingerprint density at radius 1 is 1.39 bits per heavy atom. The number of hydrogen-bond acceptors (Lipinski definition) is 5. The van der Waals surface area contributed by atoms with Crippen LogP contribution < -0.4 is 5.73 Å². The third-order valence-electron chi connectivity index (χ3n) is 2.04. The van der Waals surface area contributed by atoms with E-state index in [-0.39, 0.29) is 5.91 Å². The van der Waals surface area contributed by atoms with Crippen molar-refractivity contribution < 1.29 is 21.9 Å². The minimum Gasteiger partial charge on any atom is -0.381 e. The van der Waals surface area contributed by atoms with Gasteiger partial charge in [0.1, 0.15) is 0 Å². The predicted octanol–water partition coefficient (Wildman–Crippen LogP) is 0.543. The van der Waals surface area contributed by atoms with Gasteiger partial charge in [-0.15, -0.1) is 0 Å². The van der Waals surface area contributed by atoms with Gasteiger partial charge in [0.05, 0.1) is 7.11 Å². The maximum atomic E-state index is 10.9. The fourth-order valence-electron chi connectivity index (χ4n) is 1.13. The molecule has 0 unspecified atom stereocenters. The van der Waals surface area contributed by atoms with Crippen LogP contribution in [0.25, 0.3) is 0 Å². The minimum atomic E-state index is -4.16. The van der Waals surface area contributed by atoms with E-state index in [1.54, 1.807) is 6.92 Å². The fourth-order valence-corrected chi connectivity index (χ4v) is 1.13. The zero-order valence-electron chi connectivity index (χ0n) is 11.4. The van der Waals surface area contributed by atoms with Crippen LogP contribution in [0.5, 0.6) is 0 Å². The van der Waals surface area contributed by atoms with Gasteiger partial charge in [0.25, 0.3) is 0 Å². The van der Waals surface area contributed by atoms with Crippen LogP contribution in [-0.4, -0.2) is 45.0 Å². The molecule has 3 N–H and O–H groups in total. The lowest BCUT2D eigenvalue weighted by Gasteiger charge is -2.18. The zero-order chi connectivity index (χ0) is 14.9. The second kappa shape index (κ2) is 8.90. The molecule has 108 valence electrons. The van der Waals surface area contributed by atoms with Gasteiger partial charge in [-0.25, -0.2) is 0 Å². The highest BCUT2D eigenvalue weighted by Gasteiger charge is 2.07. The summed E-state index contributed by atoms with van der Waals surface area (Å²) in [5.41, 5.74) is 6.88. The topological polar surface area (TPSA) is 110 Å². The summed E-state index contributed by atoms with van der Waals surface area (Å²) in [6.07, 6.45) is 1.93. The van der Waals surface area contributed by atoms with E-state index in [0.29, 0.717) is 5.57 Å². The van der Waals surface area contributed by atoms with E-state index < -0.39 is 10.4 Å². The van der Waals surface area contributed by atoms with Gasteiger partial charge in [-0.05, 0) is 13.3 Å². The molecule has 18 heavy (non-hydrogen) atoms. The molecule has 7 nitrogen and oxygen atoms in total. The third-order valence-corrected chi connectivity index (χ3v) is 2.46. The van der Waals surface area contributed by atoms with Crippen LogP contribution in [0.1, 0.15) is 26.7 Å². The first kappa shape index (κ1) is 19.2. The minimum absolute atomic E-state index is 0.327. The van der Waals surface area contributed by atoms with Gasteiger partial charge in [-0.2, -0.15) is 8.42 Å². The number of nitrogens with zero attached hydrogens (tertiary/aromatic N) is 1. The average Bonchev–Trinajstić information content (AvgIpc) is 2.24. The standard InChI is InChI=1S/C9H18N2O.CH4O4S/c1-5-6-8(11(3)4)7(2)9(10)12;1-5-6(2,3)4/h5-6H2,1-4H3,(H2,10,12);1H3,(H,2,3,4)/b8-7+;. The molecule has 0 saturated carbocycles. The van der Waals surface area contributed by atoms with Crippen LogP contribution in [0.3, 0.4) is 0 Å². The summed E-state index contributed by atoms with van der Waals surface area (Å²) in [5.74, 6) is -0.327. The summed E-state index contributed by atoms with van der Waals surface area (Å²) >= 11 is 0. The van der Waals surface area contributed by atoms with E-state index in [9.17, 15) is 13.2 Å². The van der Waals surface area contributed by atoms with Crippen LogP contribution in [0, 0.1) is 0 Å². The Balaban J connectivity index is 0. The molecule has 0 aliphatic rings. The molecule has 0 saturated heterocycles. The Kier molecular flexibility index (Phi) is 9.50. The van der Waals surface area contributed by atoms with Crippen molar-refractivity contribution in [1.29, 1.82) is 0 Å². The second-order valence-corrected chi connectivity index (χ2v) is 4.86. The fraction of sp³-hybridized carbons (Fsp3) is 0.700. The van der Waals surface area contributed by atoms with Crippen molar-refractivity contribution >= 4 is 16.3 Å². The molecule has 0 radical (unpaired) electrons. The summed E-state index contributed by atoms with van der Waals surface area (Å²) in [6, 6.07) is 0. The Hall–Kier alpha value is -1.12. The van der Waals surface area contributed by atoms with E-state index in [1.807, 2.05) is 19.0 Å². The summed E-state index contributed by atoms with van der Waals surface area (Å²) in [4.78, 5) is 12.8. The Bertz CT molecular complexity index is 387. The smallest absolute Gasteiger partial charge is 0.381 e. The van der Waals surface area contributed by atoms with Crippen LogP contribution >= 0.6 is 0 Å². The monoisotopic (exact) mass is 282 g/mol. The highest BCUT2D eigenvalue weighted by molar-refractivity contribution is 7.80. The largest absolute Gasteiger partial charge is 0.397 e. The number of primary amides is 1. The van der Waals surface area contributed by atoms with Crippen molar-refractivity contribution in [3.8, 4) is 0 Å². The molecule has 0 aliphatic heterocycles. The van der Waals surface area contributed by atoms with Gasteiger partial charge in [-0.3, -0.25) is 13.5 Å². The number of hydrogen-bond donors (Lipinski definition) is 2. The lowest BCUT2D eigenvalue weighted by atomic mass is 10.1. The molecule has 0 fully saturated rings. The molecule has 8 heteroatoms. The van der Waals surface area contributed by atoms with E-state index in [2.05, 4.69) is 11.1 Å². The quantitative estimate of drug-likeness (QED) is 0.562. The summed E-state index contributed by atoms with van der Waals surface area (Å²) in [7, 11) is 0.564. The van der Waals surface area contributed by atoms with Crippen molar-refractivity contribution in [3.05, 3.63) is 11.3 Å². The number of carbonyl (C=O) groups excluding carboxylic acids is 1. The van der Waals surface area contributed by atoms with Crippen molar-refractivity contribution in [2.24, 2.45) is 5.73 Å². The summed E-state index contributed by atoms with van der Waals surface area (Å²) < 4.78 is 29.7. The van der Waals surface area contributed by atoms with Crippen LogP contribution in [0.15, 0.2) is 11.3 Å². The van der Waals surface area contributed by atoms with Crippen molar-refractivity contribution in [1.82, 2.24) is 4.90 Å². The first-order chi connectivity index (χ1) is 8.06. The lowest BCUT2D eigenvalue weighted by molar-refractivity contribution is -0.114. The van der Waals surface area contributed by atoms with Gasteiger partial charge in [0, 0.05) is 25.4 Å². The molecule has 0 aromatic heterocycles. The van der Waals surface area contributed by atoms with Crippen LogP contribution in [0.2, 0.25) is 0 Å². The lowest BCUT2D eigenvalue weighted by Crippen LogP contribution is -2.20. The third kappa shape index (κ3) is 10.1. The van der Waals surface area contributed by atoms with E-state index in [0.717, 1.165) is 25.6 Å². The van der Waals surface area contributed by atoms with Gasteiger partial charge in [0.2, 0.25) is 5.91 Å². The number of nitrogens with two attached hydrogens (primary N) is 1. The Morgan fingerprint density at radius 2 is 1.78 bits per heavy atom. The molecule has 0 aromatic carbocycles. The van der Waals surface area contributed by atoms with Gasteiger partial charge in [-0.1, -0.05) is 13.3 Å². The molecule has 1 amide bonds. The summed E-state index contributed by atoms with van der Waals surface area (Å²) in [5, 5.41) is 0. The normalized spacial score (nSPS) is 12.1. The molecule has 0 aliphatic carbocycles. The average molecular weight is 282 g/mol. The predicted molar refractivity (Wildman–Crippen MR) is 69.0 cm³/mol. The molecule has 0 heterocycles. The van der Waals surface area contributed by atoms with E-state index >= 15 is 0 Å². The SMILES string of the molecule is CCC/C(=C(/C)C(N)=O)N(C)C.COS(=O)(=O)O. The number of allylic oxidation sites excluding steroid dienone is 1. The first-order valence-corrected chi connectivity index (χ1v) is 6.63. The molecular formula is C10H22N2O5S. The van der Waals surface area contributed by atoms with E-state index in [1.165, 1.54) is 0 Å². The zero-order valence-corrected chi connectivity index (χ0v) is 12.2. The van der Waals surface area contributed by atoms with Gasteiger partial charge in [0.15, 0.2) is 0 Å². The number of rotatable bonds is 5. The number of carbonyl (C=O) groups is 1.